The van der Waals surface area contributed by atoms with Crippen LogP contribution >= 0.6 is 11.3 Å². The maximum atomic E-state index is 14.2. The summed E-state index contributed by atoms with van der Waals surface area (Å²) in [7, 11) is 1.40. The third kappa shape index (κ3) is 5.24. The Labute approximate surface area is 190 Å². The minimum absolute atomic E-state index is 0.133. The van der Waals surface area contributed by atoms with Gasteiger partial charge in [-0.15, -0.1) is 11.3 Å². The Kier molecular flexibility index (Phi) is 6.99. The van der Waals surface area contributed by atoms with Gasteiger partial charge in [-0.1, -0.05) is 12.1 Å². The fourth-order valence-electron chi connectivity index (χ4n) is 3.98. The highest BCUT2D eigenvalue weighted by molar-refractivity contribution is 7.09. The first-order chi connectivity index (χ1) is 15.5. The second-order valence-corrected chi connectivity index (χ2v) is 8.81. The molecule has 3 heterocycles. The van der Waals surface area contributed by atoms with Crippen LogP contribution in [0, 0.1) is 5.82 Å². The zero-order valence-electron chi connectivity index (χ0n) is 17.9. The molecule has 0 saturated heterocycles. The number of carboxylic acid groups (broad SMARTS) is 1. The van der Waals surface area contributed by atoms with Crippen LogP contribution in [0.5, 0.6) is 5.75 Å². The molecule has 8 heteroatoms. The molecule has 0 unspecified atom stereocenters. The van der Waals surface area contributed by atoms with E-state index < -0.39 is 17.7 Å². The number of nitrogens with one attached hydrogen (secondary N) is 1. The number of hydrogen-bond acceptors (Lipinski definition) is 6. The van der Waals surface area contributed by atoms with Gasteiger partial charge >= 0.3 is 5.97 Å². The fraction of sp³-hybridized carbons (Fsp3) is 0.375. The molecule has 0 fully saturated rings. The molecule has 1 aliphatic rings. The van der Waals surface area contributed by atoms with Gasteiger partial charge in [0.05, 0.1) is 19.2 Å². The molecule has 0 amide bonds. The quantitative estimate of drug-likeness (QED) is 0.481. The van der Waals surface area contributed by atoms with Crippen LogP contribution in [0.1, 0.15) is 52.7 Å². The van der Waals surface area contributed by atoms with Crippen molar-refractivity contribution in [2.45, 2.75) is 44.4 Å². The third-order valence-electron chi connectivity index (χ3n) is 5.64. The largest absolute Gasteiger partial charge is 0.494 e. The zero-order valence-corrected chi connectivity index (χ0v) is 18.8. The van der Waals surface area contributed by atoms with Crippen LogP contribution in [0.25, 0.3) is 0 Å². The topological polar surface area (TPSA) is 84.3 Å². The normalized spacial score (nSPS) is 13.8. The number of carbonyl (C=O) groups is 1. The highest BCUT2D eigenvalue weighted by Gasteiger charge is 2.23. The van der Waals surface area contributed by atoms with Gasteiger partial charge in [-0.2, -0.15) is 0 Å². The van der Waals surface area contributed by atoms with Gasteiger partial charge < -0.3 is 15.2 Å². The van der Waals surface area contributed by atoms with Gasteiger partial charge in [0.15, 0.2) is 11.6 Å². The molecule has 1 aliphatic heterocycles. The van der Waals surface area contributed by atoms with Crippen LogP contribution in [-0.2, 0) is 24.1 Å². The van der Waals surface area contributed by atoms with Crippen LogP contribution in [0.2, 0.25) is 0 Å². The van der Waals surface area contributed by atoms with Crippen molar-refractivity contribution in [2.24, 2.45) is 0 Å². The van der Waals surface area contributed by atoms with E-state index in [0.29, 0.717) is 10.6 Å². The van der Waals surface area contributed by atoms with Gasteiger partial charge in [-0.25, -0.2) is 14.4 Å². The zero-order chi connectivity index (χ0) is 22.5. The molecule has 32 heavy (non-hydrogen) atoms. The van der Waals surface area contributed by atoms with E-state index >= 15 is 0 Å². The van der Waals surface area contributed by atoms with Crippen LogP contribution in [-0.4, -0.2) is 34.7 Å². The van der Waals surface area contributed by atoms with Gasteiger partial charge in [-0.3, -0.25) is 4.79 Å². The predicted molar refractivity (Wildman–Crippen MR) is 122 cm³/mol. The molecule has 4 rings (SSSR count). The monoisotopic (exact) mass is 455 g/mol. The number of hydrogen-bond donors (Lipinski definition) is 2. The van der Waals surface area contributed by atoms with Crippen molar-refractivity contribution in [3.05, 3.63) is 69.1 Å². The average molecular weight is 456 g/mol. The summed E-state index contributed by atoms with van der Waals surface area (Å²) >= 11 is 1.42. The van der Waals surface area contributed by atoms with Gasteiger partial charge in [0.25, 0.3) is 0 Å². The molecule has 0 radical (unpaired) electrons. The van der Waals surface area contributed by atoms with Crippen molar-refractivity contribution in [1.82, 2.24) is 9.97 Å². The molecule has 0 aliphatic carbocycles. The number of benzene rings is 1. The van der Waals surface area contributed by atoms with E-state index in [1.165, 1.54) is 36.1 Å². The molecule has 3 aromatic rings. The van der Waals surface area contributed by atoms with Crippen molar-refractivity contribution >= 4 is 23.1 Å². The van der Waals surface area contributed by atoms with Gasteiger partial charge in [0.1, 0.15) is 10.8 Å². The Balaban J connectivity index is 1.42. The first kappa shape index (κ1) is 22.2. The van der Waals surface area contributed by atoms with E-state index in [1.807, 2.05) is 5.38 Å². The van der Waals surface area contributed by atoms with Gasteiger partial charge in [0.2, 0.25) is 0 Å². The number of methoxy groups -OCH3 is 1. The lowest BCUT2D eigenvalue weighted by Crippen LogP contribution is -2.14. The van der Waals surface area contributed by atoms with E-state index in [-0.39, 0.29) is 12.2 Å². The standard InChI is InChI=1S/C24H26FN3O3S/c1-31-21-10-8-16(12-20(21)25)19(13-22(29)30)24-28-18(14-32-24)6-2-5-17-9-7-15-4-3-11-26-23(15)27-17/h7-10,12,14,19H,2-6,11,13H2,1H3,(H,26,27)(H,29,30)/t19-/m1/s1. The van der Waals surface area contributed by atoms with Crippen molar-refractivity contribution < 1.29 is 19.0 Å². The molecule has 1 atom stereocenters. The summed E-state index contributed by atoms with van der Waals surface area (Å²) in [5.41, 5.74) is 3.84. The van der Waals surface area contributed by atoms with Crippen LogP contribution in [0.4, 0.5) is 10.2 Å². The number of aromatic nitrogens is 2. The summed E-state index contributed by atoms with van der Waals surface area (Å²) in [5, 5.41) is 15.4. The van der Waals surface area contributed by atoms with Crippen molar-refractivity contribution in [1.29, 1.82) is 0 Å². The number of pyridine rings is 1. The second-order valence-electron chi connectivity index (χ2n) is 7.92. The fourth-order valence-corrected chi connectivity index (χ4v) is 4.96. The highest BCUT2D eigenvalue weighted by atomic mass is 32.1. The number of thiazole rings is 1. The van der Waals surface area contributed by atoms with E-state index in [9.17, 15) is 14.3 Å². The minimum Gasteiger partial charge on any atom is -0.494 e. The number of aliphatic carboxylic acids is 1. The maximum Gasteiger partial charge on any atom is 0.304 e. The minimum atomic E-state index is -0.949. The third-order valence-corrected chi connectivity index (χ3v) is 6.65. The number of fused-ring (bicyclic) bond motifs is 1. The summed E-state index contributed by atoms with van der Waals surface area (Å²) in [6.45, 7) is 0.973. The summed E-state index contributed by atoms with van der Waals surface area (Å²) < 4.78 is 19.2. The first-order valence-electron chi connectivity index (χ1n) is 10.8. The van der Waals surface area contributed by atoms with E-state index in [2.05, 4.69) is 22.4 Å². The van der Waals surface area contributed by atoms with E-state index in [0.717, 1.165) is 55.9 Å². The van der Waals surface area contributed by atoms with Gasteiger partial charge in [-0.05, 0) is 61.4 Å². The summed E-state index contributed by atoms with van der Waals surface area (Å²) in [6, 6.07) is 8.82. The number of aryl methyl sites for hydroxylation is 3. The lowest BCUT2D eigenvalue weighted by atomic mass is 9.96. The summed E-state index contributed by atoms with van der Waals surface area (Å²) in [5.74, 6) is -0.819. The Morgan fingerprint density at radius 1 is 1.25 bits per heavy atom. The Morgan fingerprint density at radius 3 is 2.88 bits per heavy atom. The molecule has 0 bridgehead atoms. The number of carboxylic acids is 1. The van der Waals surface area contributed by atoms with Crippen molar-refractivity contribution in [3.8, 4) is 5.75 Å². The molecule has 1 aromatic carbocycles. The summed E-state index contributed by atoms with van der Waals surface area (Å²) in [6.07, 6.45) is 4.60. The van der Waals surface area contributed by atoms with Gasteiger partial charge in [0, 0.05) is 23.5 Å². The van der Waals surface area contributed by atoms with E-state index in [4.69, 9.17) is 9.72 Å². The van der Waals surface area contributed by atoms with Crippen LogP contribution in [0.15, 0.2) is 35.7 Å². The molecular weight excluding hydrogens is 429 g/mol. The van der Waals surface area contributed by atoms with Crippen molar-refractivity contribution in [2.75, 3.05) is 19.0 Å². The first-order valence-corrected chi connectivity index (χ1v) is 11.6. The smallest absolute Gasteiger partial charge is 0.304 e. The van der Waals surface area contributed by atoms with Crippen LogP contribution in [0.3, 0.4) is 0 Å². The Bertz CT molecular complexity index is 1100. The highest BCUT2D eigenvalue weighted by Crippen LogP contribution is 2.33. The second kappa shape index (κ2) is 10.1. The molecule has 2 N–H and O–H groups in total. The Hall–Kier alpha value is -3.00. The lowest BCUT2D eigenvalue weighted by molar-refractivity contribution is -0.137. The number of ether oxygens (including phenoxy) is 1. The maximum absolute atomic E-state index is 14.2. The average Bonchev–Trinajstić information content (AvgIpc) is 3.26. The van der Waals surface area contributed by atoms with Crippen molar-refractivity contribution in [3.63, 3.8) is 0 Å². The Morgan fingerprint density at radius 2 is 2.09 bits per heavy atom. The van der Waals surface area contributed by atoms with E-state index in [1.54, 1.807) is 6.07 Å². The number of rotatable bonds is 9. The predicted octanol–water partition coefficient (Wildman–Crippen LogP) is 4.83. The molecule has 6 nitrogen and oxygen atoms in total. The molecule has 0 spiro atoms. The molecular formula is C24H26FN3O3S. The summed E-state index contributed by atoms with van der Waals surface area (Å²) in [4.78, 5) is 20.9. The SMILES string of the molecule is COc1ccc([C@@H](CC(=O)O)c2nc(CCCc3ccc4c(n3)NCCC4)cs2)cc1F. The number of anilines is 1. The number of halogens is 1. The van der Waals surface area contributed by atoms with Crippen LogP contribution < -0.4 is 10.1 Å². The number of nitrogens with zero attached hydrogens (tertiary/aromatic N) is 2. The lowest BCUT2D eigenvalue weighted by Gasteiger charge is -2.17. The molecule has 168 valence electrons. The molecule has 0 saturated carbocycles. The molecule has 2 aromatic heterocycles.